The van der Waals surface area contributed by atoms with Crippen LogP contribution in [0.3, 0.4) is 0 Å². The lowest BCUT2D eigenvalue weighted by Crippen LogP contribution is -2.23. The summed E-state index contributed by atoms with van der Waals surface area (Å²) in [5.41, 5.74) is 3.11. The van der Waals surface area contributed by atoms with Crippen LogP contribution < -0.4 is 5.32 Å². The van der Waals surface area contributed by atoms with Gasteiger partial charge in [0.25, 0.3) is 0 Å². The molecule has 1 atom stereocenters. The molecule has 0 aliphatic carbocycles. The van der Waals surface area contributed by atoms with E-state index in [-0.39, 0.29) is 0 Å². The zero-order chi connectivity index (χ0) is 13.5. The van der Waals surface area contributed by atoms with Gasteiger partial charge in [-0.05, 0) is 31.0 Å². The fourth-order valence-corrected chi connectivity index (χ4v) is 3.10. The molecule has 2 nitrogen and oxygen atoms in total. The predicted molar refractivity (Wildman–Crippen MR) is 83.2 cm³/mol. The minimum atomic E-state index is 0.403. The first kappa shape index (κ1) is 14.5. The lowest BCUT2D eigenvalue weighted by atomic mass is 9.95. The van der Waals surface area contributed by atoms with Crippen molar-refractivity contribution < 1.29 is 0 Å². The number of thiazole rings is 1. The second kappa shape index (κ2) is 7.63. The van der Waals surface area contributed by atoms with E-state index in [0.717, 1.165) is 31.0 Å². The molecular formula is C15H19ClN2S. The van der Waals surface area contributed by atoms with Gasteiger partial charge in [-0.2, -0.15) is 0 Å². The first-order valence-electron chi connectivity index (χ1n) is 6.63. The van der Waals surface area contributed by atoms with Crippen molar-refractivity contribution in [3.63, 3.8) is 0 Å². The SMILES string of the molecule is CCCNCC(Cc1cncs1)c1ccccc1Cl. The van der Waals surface area contributed by atoms with E-state index in [9.17, 15) is 0 Å². The highest BCUT2D eigenvalue weighted by atomic mass is 35.5. The fraction of sp³-hybridized carbons (Fsp3) is 0.400. The van der Waals surface area contributed by atoms with Gasteiger partial charge in [-0.3, -0.25) is 4.98 Å². The molecule has 1 aromatic heterocycles. The number of nitrogens with one attached hydrogen (secondary N) is 1. The molecule has 4 heteroatoms. The molecule has 1 unspecified atom stereocenters. The number of hydrogen-bond acceptors (Lipinski definition) is 3. The maximum Gasteiger partial charge on any atom is 0.0794 e. The monoisotopic (exact) mass is 294 g/mol. The number of hydrogen-bond donors (Lipinski definition) is 1. The largest absolute Gasteiger partial charge is 0.316 e. The van der Waals surface area contributed by atoms with E-state index < -0.39 is 0 Å². The average Bonchev–Trinajstić information content (AvgIpc) is 2.91. The van der Waals surface area contributed by atoms with Crippen LogP contribution in [0.2, 0.25) is 5.02 Å². The van der Waals surface area contributed by atoms with Gasteiger partial charge in [-0.25, -0.2) is 0 Å². The molecule has 0 spiro atoms. The van der Waals surface area contributed by atoms with Crippen molar-refractivity contribution in [3.8, 4) is 0 Å². The molecule has 0 bridgehead atoms. The third-order valence-electron chi connectivity index (χ3n) is 3.09. The first-order chi connectivity index (χ1) is 9.31. The van der Waals surface area contributed by atoms with Crippen LogP contribution in [0, 0.1) is 0 Å². The number of nitrogens with zero attached hydrogens (tertiary/aromatic N) is 1. The van der Waals surface area contributed by atoms with Crippen LogP contribution in [0.4, 0.5) is 0 Å². The van der Waals surface area contributed by atoms with Gasteiger partial charge in [0.15, 0.2) is 0 Å². The molecule has 0 saturated heterocycles. The van der Waals surface area contributed by atoms with E-state index in [4.69, 9.17) is 11.6 Å². The molecule has 19 heavy (non-hydrogen) atoms. The summed E-state index contributed by atoms with van der Waals surface area (Å²) >= 11 is 8.04. The molecule has 0 fully saturated rings. The molecule has 2 aromatic rings. The summed E-state index contributed by atoms with van der Waals surface area (Å²) in [5, 5.41) is 4.36. The summed E-state index contributed by atoms with van der Waals surface area (Å²) < 4.78 is 0. The molecule has 0 radical (unpaired) electrons. The number of aromatic nitrogens is 1. The van der Waals surface area contributed by atoms with E-state index in [1.165, 1.54) is 10.4 Å². The number of halogens is 1. The van der Waals surface area contributed by atoms with Gasteiger partial charge in [0, 0.05) is 28.6 Å². The van der Waals surface area contributed by atoms with E-state index in [1.807, 2.05) is 23.8 Å². The summed E-state index contributed by atoms with van der Waals surface area (Å²) in [6.45, 7) is 4.18. The lowest BCUT2D eigenvalue weighted by Gasteiger charge is -2.18. The van der Waals surface area contributed by atoms with Crippen molar-refractivity contribution in [2.75, 3.05) is 13.1 Å². The molecule has 0 amide bonds. The van der Waals surface area contributed by atoms with Crippen molar-refractivity contribution >= 4 is 22.9 Å². The highest BCUT2D eigenvalue weighted by molar-refractivity contribution is 7.09. The second-order valence-electron chi connectivity index (χ2n) is 4.59. The Labute approximate surface area is 123 Å². The molecule has 102 valence electrons. The van der Waals surface area contributed by atoms with Crippen LogP contribution in [0.1, 0.15) is 29.7 Å². The maximum atomic E-state index is 6.33. The summed E-state index contributed by atoms with van der Waals surface area (Å²) in [4.78, 5) is 5.46. The zero-order valence-corrected chi connectivity index (χ0v) is 12.7. The fourth-order valence-electron chi connectivity index (χ4n) is 2.14. The van der Waals surface area contributed by atoms with Gasteiger partial charge < -0.3 is 5.32 Å². The first-order valence-corrected chi connectivity index (χ1v) is 7.89. The zero-order valence-electron chi connectivity index (χ0n) is 11.1. The van der Waals surface area contributed by atoms with Gasteiger partial charge in [0.05, 0.1) is 5.51 Å². The highest BCUT2D eigenvalue weighted by Gasteiger charge is 2.15. The van der Waals surface area contributed by atoms with Crippen LogP contribution in [-0.4, -0.2) is 18.1 Å². The van der Waals surface area contributed by atoms with Crippen molar-refractivity contribution in [3.05, 3.63) is 51.4 Å². The lowest BCUT2D eigenvalue weighted by molar-refractivity contribution is 0.579. The Bertz CT molecular complexity index is 485. The topological polar surface area (TPSA) is 24.9 Å². The Balaban J connectivity index is 2.11. The van der Waals surface area contributed by atoms with Crippen LogP contribution >= 0.6 is 22.9 Å². The van der Waals surface area contributed by atoms with E-state index in [0.29, 0.717) is 5.92 Å². The van der Waals surface area contributed by atoms with Crippen molar-refractivity contribution in [2.24, 2.45) is 0 Å². The number of benzene rings is 1. The Morgan fingerprint density at radius 1 is 1.37 bits per heavy atom. The smallest absolute Gasteiger partial charge is 0.0794 e. The standard InChI is InChI=1S/C15H19ClN2S/c1-2-7-17-9-12(8-13-10-18-11-19-13)14-5-3-4-6-15(14)16/h3-6,10-12,17H,2,7-9H2,1H3. The molecule has 0 aliphatic rings. The van der Waals surface area contributed by atoms with Gasteiger partial charge in [0.2, 0.25) is 0 Å². The Kier molecular flexibility index (Phi) is 5.83. The second-order valence-corrected chi connectivity index (χ2v) is 5.97. The minimum Gasteiger partial charge on any atom is -0.316 e. The van der Waals surface area contributed by atoms with E-state index in [2.05, 4.69) is 29.4 Å². The summed E-state index contributed by atoms with van der Waals surface area (Å²) in [6.07, 6.45) is 4.09. The quantitative estimate of drug-likeness (QED) is 0.777. The van der Waals surface area contributed by atoms with Crippen LogP contribution in [0.5, 0.6) is 0 Å². The third-order valence-corrected chi connectivity index (χ3v) is 4.24. The number of rotatable bonds is 7. The molecule has 0 aliphatic heterocycles. The summed E-state index contributed by atoms with van der Waals surface area (Å²) in [7, 11) is 0. The summed E-state index contributed by atoms with van der Waals surface area (Å²) in [6, 6.07) is 8.13. The van der Waals surface area contributed by atoms with Crippen LogP contribution in [-0.2, 0) is 6.42 Å². The van der Waals surface area contributed by atoms with Crippen LogP contribution in [0.15, 0.2) is 36.0 Å². The average molecular weight is 295 g/mol. The molecule has 1 heterocycles. The Morgan fingerprint density at radius 3 is 2.89 bits per heavy atom. The molecule has 2 rings (SSSR count). The Hall–Kier alpha value is -0.900. The maximum absolute atomic E-state index is 6.33. The molecular weight excluding hydrogens is 276 g/mol. The van der Waals surface area contributed by atoms with Crippen LogP contribution in [0.25, 0.3) is 0 Å². The third kappa shape index (κ3) is 4.30. The Morgan fingerprint density at radius 2 is 2.21 bits per heavy atom. The predicted octanol–water partition coefficient (Wildman–Crippen LogP) is 4.12. The van der Waals surface area contributed by atoms with Gasteiger partial charge in [-0.15, -0.1) is 11.3 Å². The molecule has 0 saturated carbocycles. The molecule has 1 N–H and O–H groups in total. The van der Waals surface area contributed by atoms with Gasteiger partial charge >= 0.3 is 0 Å². The van der Waals surface area contributed by atoms with Crippen molar-refractivity contribution in [1.29, 1.82) is 0 Å². The molecule has 1 aromatic carbocycles. The van der Waals surface area contributed by atoms with E-state index in [1.54, 1.807) is 11.3 Å². The van der Waals surface area contributed by atoms with Gasteiger partial charge in [-0.1, -0.05) is 36.7 Å². The summed E-state index contributed by atoms with van der Waals surface area (Å²) in [5.74, 6) is 0.403. The highest BCUT2D eigenvalue weighted by Crippen LogP contribution is 2.28. The van der Waals surface area contributed by atoms with E-state index >= 15 is 0 Å². The van der Waals surface area contributed by atoms with Crippen molar-refractivity contribution in [1.82, 2.24) is 10.3 Å². The van der Waals surface area contributed by atoms with Crippen molar-refractivity contribution in [2.45, 2.75) is 25.7 Å². The normalized spacial score (nSPS) is 12.5. The van der Waals surface area contributed by atoms with Gasteiger partial charge in [0.1, 0.15) is 0 Å². The minimum absolute atomic E-state index is 0.403.